The van der Waals surface area contributed by atoms with Crippen LogP contribution in [0.15, 0.2) is 30.3 Å². The monoisotopic (exact) mass is 254 g/mol. The number of hydrogen-bond acceptors (Lipinski definition) is 2. The SMILES string of the molecule is CC[C@]1(c2ccccc2)CCN(C)S(=O)(=O)N1. The molecular formula is C12H18N2O2S. The molecule has 1 aliphatic heterocycles. The van der Waals surface area contributed by atoms with Gasteiger partial charge >= 0.3 is 0 Å². The van der Waals surface area contributed by atoms with E-state index in [1.807, 2.05) is 37.3 Å². The minimum Gasteiger partial charge on any atom is -0.195 e. The van der Waals surface area contributed by atoms with Gasteiger partial charge in [-0.25, -0.2) is 0 Å². The summed E-state index contributed by atoms with van der Waals surface area (Å²) in [5.74, 6) is 0. The Morgan fingerprint density at radius 2 is 2.00 bits per heavy atom. The summed E-state index contributed by atoms with van der Waals surface area (Å²) in [6.45, 7) is 2.57. The van der Waals surface area contributed by atoms with Gasteiger partial charge in [-0.3, -0.25) is 0 Å². The third-order valence-electron chi connectivity index (χ3n) is 3.52. The molecule has 0 radical (unpaired) electrons. The Hall–Kier alpha value is -0.910. The highest BCUT2D eigenvalue weighted by atomic mass is 32.2. The summed E-state index contributed by atoms with van der Waals surface area (Å²) in [6.07, 6.45) is 1.55. The summed E-state index contributed by atoms with van der Waals surface area (Å²) in [6, 6.07) is 9.80. The van der Waals surface area contributed by atoms with Gasteiger partial charge in [0, 0.05) is 13.6 Å². The predicted molar refractivity (Wildman–Crippen MR) is 67.7 cm³/mol. The van der Waals surface area contributed by atoms with E-state index in [2.05, 4.69) is 4.72 Å². The van der Waals surface area contributed by atoms with Crippen LogP contribution >= 0.6 is 0 Å². The zero-order valence-electron chi connectivity index (χ0n) is 10.2. The van der Waals surface area contributed by atoms with Crippen molar-refractivity contribution in [2.24, 2.45) is 0 Å². The zero-order valence-corrected chi connectivity index (χ0v) is 11.0. The van der Waals surface area contributed by atoms with Crippen LogP contribution < -0.4 is 4.72 Å². The van der Waals surface area contributed by atoms with E-state index in [1.54, 1.807) is 7.05 Å². The van der Waals surface area contributed by atoms with E-state index in [1.165, 1.54) is 4.31 Å². The van der Waals surface area contributed by atoms with Crippen molar-refractivity contribution in [2.45, 2.75) is 25.3 Å². The summed E-state index contributed by atoms with van der Waals surface area (Å²) in [5.41, 5.74) is 0.589. The van der Waals surface area contributed by atoms with Crippen LogP contribution in [0.3, 0.4) is 0 Å². The molecule has 0 aromatic heterocycles. The average molecular weight is 254 g/mol. The first kappa shape index (κ1) is 12.5. The van der Waals surface area contributed by atoms with Crippen LogP contribution in [-0.2, 0) is 15.7 Å². The van der Waals surface area contributed by atoms with Crippen molar-refractivity contribution in [1.29, 1.82) is 0 Å². The maximum atomic E-state index is 11.9. The number of nitrogens with one attached hydrogen (secondary N) is 1. The fourth-order valence-corrected chi connectivity index (χ4v) is 3.60. The van der Waals surface area contributed by atoms with E-state index in [0.29, 0.717) is 6.54 Å². The van der Waals surface area contributed by atoms with Crippen molar-refractivity contribution in [3.63, 3.8) is 0 Å². The first-order chi connectivity index (χ1) is 8.00. The largest absolute Gasteiger partial charge is 0.280 e. The van der Waals surface area contributed by atoms with Crippen LogP contribution in [0, 0.1) is 0 Å². The van der Waals surface area contributed by atoms with E-state index >= 15 is 0 Å². The summed E-state index contributed by atoms with van der Waals surface area (Å²) in [7, 11) is -1.74. The van der Waals surface area contributed by atoms with Gasteiger partial charge in [0.15, 0.2) is 0 Å². The second-order valence-corrected chi connectivity index (χ2v) is 6.26. The fourth-order valence-electron chi connectivity index (χ4n) is 2.26. The lowest BCUT2D eigenvalue weighted by molar-refractivity contribution is 0.274. The average Bonchev–Trinajstić information content (AvgIpc) is 2.34. The van der Waals surface area contributed by atoms with Crippen LogP contribution in [0.2, 0.25) is 0 Å². The molecule has 1 aromatic carbocycles. The van der Waals surface area contributed by atoms with E-state index in [-0.39, 0.29) is 0 Å². The van der Waals surface area contributed by atoms with Crippen molar-refractivity contribution >= 4 is 10.2 Å². The number of nitrogens with zero attached hydrogens (tertiary/aromatic N) is 1. The maximum Gasteiger partial charge on any atom is 0.280 e. The van der Waals surface area contributed by atoms with Crippen molar-refractivity contribution in [1.82, 2.24) is 9.03 Å². The molecule has 1 heterocycles. The molecule has 1 atom stereocenters. The van der Waals surface area contributed by atoms with Crippen LogP contribution in [0.5, 0.6) is 0 Å². The predicted octanol–water partition coefficient (Wildman–Crippen LogP) is 1.46. The molecule has 4 nitrogen and oxygen atoms in total. The number of hydrogen-bond donors (Lipinski definition) is 1. The van der Waals surface area contributed by atoms with Crippen molar-refractivity contribution in [2.75, 3.05) is 13.6 Å². The summed E-state index contributed by atoms with van der Waals surface area (Å²) >= 11 is 0. The van der Waals surface area contributed by atoms with Crippen LogP contribution in [-0.4, -0.2) is 26.3 Å². The number of rotatable bonds is 2. The molecule has 0 bridgehead atoms. The van der Waals surface area contributed by atoms with Crippen LogP contribution in [0.25, 0.3) is 0 Å². The smallest absolute Gasteiger partial charge is 0.195 e. The summed E-state index contributed by atoms with van der Waals surface area (Å²) < 4.78 is 28.1. The number of benzene rings is 1. The van der Waals surface area contributed by atoms with Gasteiger partial charge in [0.05, 0.1) is 5.54 Å². The Morgan fingerprint density at radius 3 is 2.53 bits per heavy atom. The first-order valence-corrected chi connectivity index (χ1v) is 7.25. The van der Waals surface area contributed by atoms with Gasteiger partial charge in [-0.1, -0.05) is 37.3 Å². The van der Waals surface area contributed by atoms with Gasteiger partial charge in [0.1, 0.15) is 0 Å². The van der Waals surface area contributed by atoms with Gasteiger partial charge in [-0.2, -0.15) is 17.4 Å². The van der Waals surface area contributed by atoms with Gasteiger partial charge < -0.3 is 0 Å². The maximum absolute atomic E-state index is 11.9. The molecule has 1 fully saturated rings. The molecule has 0 unspecified atom stereocenters. The second-order valence-electron chi connectivity index (χ2n) is 4.48. The Labute approximate surface area is 103 Å². The zero-order chi connectivity index (χ0) is 12.5. The molecule has 5 heteroatoms. The minimum absolute atomic E-state index is 0.452. The molecule has 1 N–H and O–H groups in total. The Kier molecular flexibility index (Phi) is 3.25. The minimum atomic E-state index is -3.35. The van der Waals surface area contributed by atoms with Crippen molar-refractivity contribution in [3.05, 3.63) is 35.9 Å². The highest BCUT2D eigenvalue weighted by molar-refractivity contribution is 7.87. The van der Waals surface area contributed by atoms with Crippen LogP contribution in [0.4, 0.5) is 0 Å². The Bertz CT molecular complexity index is 486. The van der Waals surface area contributed by atoms with E-state index in [4.69, 9.17) is 0 Å². The van der Waals surface area contributed by atoms with Gasteiger partial charge in [0.2, 0.25) is 0 Å². The third-order valence-corrected chi connectivity index (χ3v) is 5.17. The highest BCUT2D eigenvalue weighted by Crippen LogP contribution is 2.33. The highest BCUT2D eigenvalue weighted by Gasteiger charge is 2.40. The third kappa shape index (κ3) is 2.22. The lowest BCUT2D eigenvalue weighted by atomic mass is 9.85. The molecule has 94 valence electrons. The lowest BCUT2D eigenvalue weighted by Crippen LogP contribution is -2.56. The topological polar surface area (TPSA) is 49.4 Å². The Morgan fingerprint density at radius 1 is 1.35 bits per heavy atom. The second kappa shape index (κ2) is 4.40. The quantitative estimate of drug-likeness (QED) is 0.868. The van der Waals surface area contributed by atoms with Gasteiger partial charge in [-0.05, 0) is 18.4 Å². The molecule has 2 rings (SSSR count). The lowest BCUT2D eigenvalue weighted by Gasteiger charge is -2.40. The molecule has 1 aliphatic rings. The molecule has 0 spiro atoms. The first-order valence-electron chi connectivity index (χ1n) is 5.81. The normalized spacial score (nSPS) is 29.1. The molecule has 1 saturated heterocycles. The van der Waals surface area contributed by atoms with E-state index < -0.39 is 15.7 Å². The molecule has 0 saturated carbocycles. The molecule has 1 aromatic rings. The van der Waals surface area contributed by atoms with Crippen LogP contribution in [0.1, 0.15) is 25.3 Å². The molecular weight excluding hydrogens is 236 g/mol. The summed E-state index contributed by atoms with van der Waals surface area (Å²) in [4.78, 5) is 0. The van der Waals surface area contributed by atoms with Crippen molar-refractivity contribution in [3.8, 4) is 0 Å². The van der Waals surface area contributed by atoms with E-state index in [9.17, 15) is 8.42 Å². The van der Waals surface area contributed by atoms with Gasteiger partial charge in [-0.15, -0.1) is 0 Å². The summed E-state index contributed by atoms with van der Waals surface area (Å²) in [5, 5.41) is 0. The molecule has 17 heavy (non-hydrogen) atoms. The van der Waals surface area contributed by atoms with Gasteiger partial charge in [0.25, 0.3) is 10.2 Å². The fraction of sp³-hybridized carbons (Fsp3) is 0.500. The van der Waals surface area contributed by atoms with Crippen molar-refractivity contribution < 1.29 is 8.42 Å². The molecule has 0 aliphatic carbocycles. The standard InChI is InChI=1S/C12H18N2O2S/c1-3-12(11-7-5-4-6-8-11)9-10-14(2)17(15,16)13-12/h4-8,13H,3,9-10H2,1-2H3/t12-/m1/s1. The molecule has 0 amide bonds. The Balaban J connectivity index is 2.41. The van der Waals surface area contributed by atoms with E-state index in [0.717, 1.165) is 18.4 Å².